The van der Waals surface area contributed by atoms with Crippen LogP contribution < -0.4 is 0 Å². The molecular formula is C12H21NO. The van der Waals surface area contributed by atoms with Gasteiger partial charge in [0.1, 0.15) is 0 Å². The minimum Gasteiger partial charge on any atom is -0.482 e. The molecule has 0 saturated heterocycles. The molecule has 0 aromatic carbocycles. The molecule has 2 heteroatoms. The van der Waals surface area contributed by atoms with Crippen molar-refractivity contribution in [1.82, 2.24) is 4.90 Å². The Balaban J connectivity index is 2.26. The molecular weight excluding hydrogens is 174 g/mol. The summed E-state index contributed by atoms with van der Waals surface area (Å²) in [5.74, 6) is 1.94. The lowest BCUT2D eigenvalue weighted by atomic mass is 9.81. The van der Waals surface area contributed by atoms with Gasteiger partial charge in [0.2, 0.25) is 0 Å². The molecule has 0 N–H and O–H groups in total. The quantitative estimate of drug-likeness (QED) is 0.671. The lowest BCUT2D eigenvalue weighted by Crippen LogP contribution is -2.33. The molecule has 1 saturated carbocycles. The van der Waals surface area contributed by atoms with Crippen molar-refractivity contribution in [3.63, 3.8) is 0 Å². The van der Waals surface area contributed by atoms with Gasteiger partial charge in [-0.3, -0.25) is 0 Å². The highest BCUT2D eigenvalue weighted by Gasteiger charge is 2.39. The summed E-state index contributed by atoms with van der Waals surface area (Å²) >= 11 is 0. The van der Waals surface area contributed by atoms with Crippen LogP contribution in [0.4, 0.5) is 0 Å². The predicted molar refractivity (Wildman–Crippen MR) is 57.8 cm³/mol. The van der Waals surface area contributed by atoms with Gasteiger partial charge >= 0.3 is 0 Å². The fraction of sp³-hybridized carbons (Fsp3) is 0.833. The minimum atomic E-state index is 0.730. The Morgan fingerprint density at radius 3 is 2.71 bits per heavy atom. The van der Waals surface area contributed by atoms with E-state index in [4.69, 9.17) is 4.74 Å². The maximum Gasteiger partial charge on any atom is 0.188 e. The molecule has 0 bridgehead atoms. The van der Waals surface area contributed by atoms with Gasteiger partial charge in [-0.05, 0) is 24.8 Å². The van der Waals surface area contributed by atoms with Gasteiger partial charge in [0.15, 0.2) is 5.88 Å². The van der Waals surface area contributed by atoms with E-state index in [2.05, 4.69) is 18.9 Å². The van der Waals surface area contributed by atoms with Crippen molar-refractivity contribution in [3.05, 3.63) is 11.5 Å². The third-order valence-electron chi connectivity index (χ3n) is 3.84. The van der Waals surface area contributed by atoms with Crippen molar-refractivity contribution < 1.29 is 4.74 Å². The molecule has 2 atom stereocenters. The summed E-state index contributed by atoms with van der Waals surface area (Å²) in [7, 11) is 3.99. The van der Waals surface area contributed by atoms with Crippen LogP contribution in [0.5, 0.6) is 0 Å². The third-order valence-corrected chi connectivity index (χ3v) is 3.84. The standard InChI is InChI=1S/C12H21NO/c1-4-9-10-7-5-6-8-11(10)13(2)12(9)14-3/h10-11H,4-8H2,1-3H3. The van der Waals surface area contributed by atoms with Crippen molar-refractivity contribution in [2.45, 2.75) is 45.1 Å². The molecule has 0 spiro atoms. The Bertz CT molecular complexity index is 247. The molecule has 1 aliphatic heterocycles. The second-order valence-corrected chi connectivity index (χ2v) is 4.46. The molecule has 1 aliphatic carbocycles. The van der Waals surface area contributed by atoms with Crippen LogP contribution in [0, 0.1) is 5.92 Å². The van der Waals surface area contributed by atoms with E-state index in [1.54, 1.807) is 12.7 Å². The molecule has 14 heavy (non-hydrogen) atoms. The fourth-order valence-corrected chi connectivity index (χ4v) is 3.21. The topological polar surface area (TPSA) is 12.5 Å². The summed E-state index contributed by atoms with van der Waals surface area (Å²) in [6, 6.07) is 0.730. The van der Waals surface area contributed by atoms with E-state index < -0.39 is 0 Å². The zero-order chi connectivity index (χ0) is 10.1. The van der Waals surface area contributed by atoms with Crippen LogP contribution in [0.2, 0.25) is 0 Å². The van der Waals surface area contributed by atoms with Gasteiger partial charge < -0.3 is 9.64 Å². The van der Waals surface area contributed by atoms with E-state index in [1.807, 2.05) is 0 Å². The van der Waals surface area contributed by atoms with Crippen LogP contribution in [0.25, 0.3) is 0 Å². The van der Waals surface area contributed by atoms with Crippen molar-refractivity contribution in [1.29, 1.82) is 0 Å². The van der Waals surface area contributed by atoms with Gasteiger partial charge in [-0.1, -0.05) is 19.8 Å². The number of hydrogen-bond acceptors (Lipinski definition) is 2. The van der Waals surface area contributed by atoms with Crippen LogP contribution in [0.3, 0.4) is 0 Å². The van der Waals surface area contributed by atoms with E-state index in [1.165, 1.54) is 25.7 Å². The van der Waals surface area contributed by atoms with Gasteiger partial charge in [-0.15, -0.1) is 0 Å². The van der Waals surface area contributed by atoms with Gasteiger partial charge in [0.25, 0.3) is 0 Å². The first-order chi connectivity index (χ1) is 6.79. The molecule has 1 heterocycles. The average molecular weight is 195 g/mol. The van der Waals surface area contributed by atoms with E-state index in [9.17, 15) is 0 Å². The van der Waals surface area contributed by atoms with E-state index in [0.717, 1.165) is 24.3 Å². The SMILES string of the molecule is CCC1=C(OC)N(C)C2CCCCC12. The lowest BCUT2D eigenvalue weighted by molar-refractivity contribution is 0.134. The van der Waals surface area contributed by atoms with Crippen LogP contribution in [0.1, 0.15) is 39.0 Å². The molecule has 2 rings (SSSR count). The zero-order valence-corrected chi connectivity index (χ0v) is 9.55. The highest BCUT2D eigenvalue weighted by molar-refractivity contribution is 5.22. The smallest absolute Gasteiger partial charge is 0.188 e. The number of methoxy groups -OCH3 is 1. The van der Waals surface area contributed by atoms with E-state index >= 15 is 0 Å². The number of rotatable bonds is 2. The molecule has 80 valence electrons. The first kappa shape index (κ1) is 9.88. The van der Waals surface area contributed by atoms with Crippen LogP contribution in [0.15, 0.2) is 11.5 Å². The summed E-state index contributed by atoms with van der Waals surface area (Å²) in [6.45, 7) is 2.25. The largest absolute Gasteiger partial charge is 0.482 e. The number of nitrogens with zero attached hydrogens (tertiary/aromatic N) is 1. The maximum atomic E-state index is 5.52. The summed E-state index contributed by atoms with van der Waals surface area (Å²) in [5, 5.41) is 0. The van der Waals surface area contributed by atoms with Crippen LogP contribution in [-0.2, 0) is 4.74 Å². The first-order valence-electron chi connectivity index (χ1n) is 5.79. The van der Waals surface area contributed by atoms with E-state index in [-0.39, 0.29) is 0 Å². The second kappa shape index (κ2) is 3.84. The molecule has 0 radical (unpaired) electrons. The Kier molecular flexibility index (Phi) is 2.71. The highest BCUT2D eigenvalue weighted by atomic mass is 16.5. The van der Waals surface area contributed by atoms with Gasteiger partial charge in [-0.2, -0.15) is 0 Å². The van der Waals surface area contributed by atoms with Crippen molar-refractivity contribution >= 4 is 0 Å². The first-order valence-corrected chi connectivity index (χ1v) is 5.79. The van der Waals surface area contributed by atoms with Crippen molar-refractivity contribution in [2.75, 3.05) is 14.2 Å². The minimum absolute atomic E-state index is 0.730. The van der Waals surface area contributed by atoms with Crippen molar-refractivity contribution in [3.8, 4) is 0 Å². The summed E-state index contributed by atoms with van der Waals surface area (Å²) in [5.41, 5.74) is 1.56. The number of ether oxygens (including phenoxy) is 1. The van der Waals surface area contributed by atoms with Crippen LogP contribution >= 0.6 is 0 Å². The molecule has 0 aromatic heterocycles. The number of hydrogen-bond donors (Lipinski definition) is 0. The zero-order valence-electron chi connectivity index (χ0n) is 9.55. The van der Waals surface area contributed by atoms with Gasteiger partial charge in [0.05, 0.1) is 7.11 Å². The third kappa shape index (κ3) is 1.32. The lowest BCUT2D eigenvalue weighted by Gasteiger charge is -2.31. The van der Waals surface area contributed by atoms with Crippen molar-refractivity contribution in [2.24, 2.45) is 5.92 Å². The molecule has 2 nitrogen and oxygen atoms in total. The molecule has 0 amide bonds. The number of fused-ring (bicyclic) bond motifs is 1. The molecule has 2 unspecified atom stereocenters. The molecule has 0 aromatic rings. The highest BCUT2D eigenvalue weighted by Crippen LogP contribution is 2.42. The fourth-order valence-electron chi connectivity index (χ4n) is 3.21. The summed E-state index contributed by atoms with van der Waals surface area (Å²) in [4.78, 5) is 2.36. The Hall–Kier alpha value is -0.660. The Morgan fingerprint density at radius 1 is 1.36 bits per heavy atom. The molecule has 1 fully saturated rings. The van der Waals surface area contributed by atoms with Gasteiger partial charge in [-0.25, -0.2) is 0 Å². The second-order valence-electron chi connectivity index (χ2n) is 4.46. The Morgan fingerprint density at radius 2 is 2.07 bits per heavy atom. The van der Waals surface area contributed by atoms with Crippen LogP contribution in [-0.4, -0.2) is 25.1 Å². The van der Waals surface area contributed by atoms with E-state index in [0.29, 0.717) is 0 Å². The monoisotopic (exact) mass is 195 g/mol. The van der Waals surface area contributed by atoms with Gasteiger partial charge in [0, 0.05) is 19.0 Å². The Labute approximate surface area is 86.9 Å². The summed E-state index contributed by atoms with van der Waals surface area (Å²) in [6.07, 6.45) is 6.65. The normalized spacial score (nSPS) is 32.1. The predicted octanol–water partition coefficient (Wildman–Crippen LogP) is 2.76. The summed E-state index contributed by atoms with van der Waals surface area (Å²) < 4.78 is 5.52. The average Bonchev–Trinajstić information content (AvgIpc) is 2.51. The maximum absolute atomic E-state index is 5.52. The molecule has 2 aliphatic rings.